The molecular formula is C14H25NO5. The number of hydrogen-bond donors (Lipinski definition) is 2. The minimum atomic E-state index is -0.680. The number of rotatable bonds is 2. The second-order valence-electron chi connectivity index (χ2n) is 7.01. The van der Waals surface area contributed by atoms with Gasteiger partial charge in [0.2, 0.25) is 0 Å². The van der Waals surface area contributed by atoms with E-state index in [4.69, 9.17) is 14.2 Å². The summed E-state index contributed by atoms with van der Waals surface area (Å²) in [5.41, 5.74) is -0.517. The van der Waals surface area contributed by atoms with Gasteiger partial charge in [-0.05, 0) is 41.0 Å². The standard InChI is InChI=1S/C14H25NO5/c1-13(2,3)20-12(17)15-7-8-6-9(16)11-10(8)18-14(4,5)19-11/h8-11,16H,6-7H2,1-5H3,(H,15,17)/t8-,9+,10-,11+/m1/s1. The Labute approximate surface area is 119 Å². The van der Waals surface area contributed by atoms with E-state index >= 15 is 0 Å². The molecule has 0 bridgehead atoms. The van der Waals surface area contributed by atoms with Gasteiger partial charge >= 0.3 is 6.09 Å². The summed E-state index contributed by atoms with van der Waals surface area (Å²) in [7, 11) is 0. The van der Waals surface area contributed by atoms with Crippen LogP contribution in [0.4, 0.5) is 4.79 Å². The van der Waals surface area contributed by atoms with E-state index in [1.54, 1.807) is 0 Å². The molecule has 0 aromatic heterocycles. The summed E-state index contributed by atoms with van der Waals surface area (Å²) in [5.74, 6) is -0.648. The molecule has 1 saturated heterocycles. The van der Waals surface area contributed by atoms with Gasteiger partial charge in [0.1, 0.15) is 11.7 Å². The Balaban J connectivity index is 1.87. The summed E-state index contributed by atoms with van der Waals surface area (Å²) in [6.45, 7) is 9.52. The highest BCUT2D eigenvalue weighted by Crippen LogP contribution is 2.41. The van der Waals surface area contributed by atoms with E-state index in [1.165, 1.54) is 0 Å². The first-order valence-electron chi connectivity index (χ1n) is 7.08. The minimum absolute atomic E-state index is 0.0318. The second-order valence-corrected chi connectivity index (χ2v) is 7.01. The van der Waals surface area contributed by atoms with Crippen LogP contribution in [-0.4, -0.2) is 47.4 Å². The van der Waals surface area contributed by atoms with Crippen LogP contribution in [0, 0.1) is 5.92 Å². The number of carbonyl (C=O) groups excluding carboxylic acids is 1. The number of amides is 1. The lowest BCUT2D eigenvalue weighted by Gasteiger charge is -2.23. The highest BCUT2D eigenvalue weighted by atomic mass is 16.8. The van der Waals surface area contributed by atoms with Crippen molar-refractivity contribution in [1.82, 2.24) is 5.32 Å². The third-order valence-corrected chi connectivity index (χ3v) is 3.46. The molecule has 1 aliphatic heterocycles. The van der Waals surface area contributed by atoms with Gasteiger partial charge in [-0.25, -0.2) is 4.79 Å². The molecule has 0 spiro atoms. The number of nitrogens with one attached hydrogen (secondary N) is 1. The van der Waals surface area contributed by atoms with Crippen molar-refractivity contribution in [3.8, 4) is 0 Å². The fourth-order valence-electron chi connectivity index (χ4n) is 2.79. The van der Waals surface area contributed by atoms with E-state index in [0.717, 1.165) is 0 Å². The molecule has 2 aliphatic rings. The molecule has 1 saturated carbocycles. The lowest BCUT2D eigenvalue weighted by Crippen LogP contribution is -2.38. The van der Waals surface area contributed by atoms with E-state index in [2.05, 4.69) is 5.32 Å². The number of carbonyl (C=O) groups is 1. The minimum Gasteiger partial charge on any atom is -0.444 e. The molecule has 0 unspecified atom stereocenters. The molecule has 0 aromatic rings. The molecule has 6 heteroatoms. The highest BCUT2D eigenvalue weighted by Gasteiger charge is 2.53. The van der Waals surface area contributed by atoms with Gasteiger partial charge in [-0.1, -0.05) is 0 Å². The third-order valence-electron chi connectivity index (χ3n) is 3.46. The number of ether oxygens (including phenoxy) is 3. The van der Waals surface area contributed by atoms with Gasteiger partial charge in [-0.3, -0.25) is 0 Å². The van der Waals surface area contributed by atoms with E-state index in [1.807, 2.05) is 34.6 Å². The normalized spacial score (nSPS) is 35.7. The first-order valence-corrected chi connectivity index (χ1v) is 7.08. The summed E-state index contributed by atoms with van der Waals surface area (Å²) in [4.78, 5) is 11.6. The van der Waals surface area contributed by atoms with Gasteiger partial charge in [0.15, 0.2) is 5.79 Å². The van der Waals surface area contributed by atoms with Gasteiger partial charge in [-0.15, -0.1) is 0 Å². The zero-order valence-electron chi connectivity index (χ0n) is 12.8. The van der Waals surface area contributed by atoms with Crippen LogP contribution in [0.1, 0.15) is 41.0 Å². The first-order chi connectivity index (χ1) is 9.07. The highest BCUT2D eigenvalue weighted by molar-refractivity contribution is 5.67. The van der Waals surface area contributed by atoms with Crippen LogP contribution < -0.4 is 5.32 Å². The summed E-state index contributed by atoms with van der Waals surface area (Å²) in [6.07, 6.45) is -0.938. The van der Waals surface area contributed by atoms with Crippen LogP contribution in [0.5, 0.6) is 0 Å². The number of alkyl carbamates (subject to hydrolysis) is 1. The Morgan fingerprint density at radius 2 is 1.95 bits per heavy atom. The molecule has 116 valence electrons. The van der Waals surface area contributed by atoms with E-state index in [9.17, 15) is 9.90 Å². The van der Waals surface area contributed by atoms with Gasteiger partial charge in [-0.2, -0.15) is 0 Å². The molecule has 2 rings (SSSR count). The van der Waals surface area contributed by atoms with Gasteiger partial charge in [0, 0.05) is 12.5 Å². The second kappa shape index (κ2) is 5.16. The van der Waals surface area contributed by atoms with Crippen molar-refractivity contribution in [2.24, 2.45) is 5.92 Å². The van der Waals surface area contributed by atoms with Crippen LogP contribution in [0.25, 0.3) is 0 Å². The molecule has 2 fully saturated rings. The van der Waals surface area contributed by atoms with E-state index < -0.39 is 23.6 Å². The van der Waals surface area contributed by atoms with Crippen LogP contribution in [0.3, 0.4) is 0 Å². The molecule has 1 heterocycles. The van der Waals surface area contributed by atoms with Gasteiger partial charge < -0.3 is 24.6 Å². The predicted molar refractivity (Wildman–Crippen MR) is 72.2 cm³/mol. The number of fused-ring (bicyclic) bond motifs is 1. The lowest BCUT2D eigenvalue weighted by atomic mass is 10.1. The Bertz CT molecular complexity index is 376. The van der Waals surface area contributed by atoms with Gasteiger partial charge in [0.25, 0.3) is 0 Å². The maximum atomic E-state index is 11.6. The summed E-state index contributed by atoms with van der Waals surface area (Å²) in [6, 6.07) is 0. The van der Waals surface area contributed by atoms with Crippen LogP contribution in [-0.2, 0) is 14.2 Å². The van der Waals surface area contributed by atoms with Crippen molar-refractivity contribution in [1.29, 1.82) is 0 Å². The average Bonchev–Trinajstić information content (AvgIpc) is 2.69. The molecular weight excluding hydrogens is 262 g/mol. The molecule has 1 aliphatic carbocycles. The molecule has 0 radical (unpaired) electrons. The van der Waals surface area contributed by atoms with Crippen molar-refractivity contribution in [2.75, 3.05) is 6.54 Å². The molecule has 6 nitrogen and oxygen atoms in total. The van der Waals surface area contributed by atoms with Crippen LogP contribution in [0.2, 0.25) is 0 Å². The summed E-state index contributed by atoms with van der Waals surface area (Å²) >= 11 is 0. The SMILES string of the molecule is CC(C)(C)OC(=O)NC[C@H]1C[C@H](O)[C@@H]2OC(C)(C)O[C@H]12. The monoisotopic (exact) mass is 287 g/mol. The lowest BCUT2D eigenvalue weighted by molar-refractivity contribution is -0.166. The Hall–Kier alpha value is -0.850. The number of hydrogen-bond acceptors (Lipinski definition) is 5. The first kappa shape index (κ1) is 15.5. The van der Waals surface area contributed by atoms with Crippen molar-refractivity contribution in [2.45, 2.75) is 70.7 Å². The van der Waals surface area contributed by atoms with Crippen molar-refractivity contribution >= 4 is 6.09 Å². The zero-order valence-corrected chi connectivity index (χ0v) is 12.8. The topological polar surface area (TPSA) is 77.0 Å². The van der Waals surface area contributed by atoms with Crippen LogP contribution >= 0.6 is 0 Å². The maximum Gasteiger partial charge on any atom is 0.407 e. The zero-order chi connectivity index (χ0) is 15.1. The molecule has 1 amide bonds. The van der Waals surface area contributed by atoms with Crippen molar-refractivity contribution < 1.29 is 24.1 Å². The Morgan fingerprint density at radius 1 is 1.35 bits per heavy atom. The van der Waals surface area contributed by atoms with Crippen LogP contribution in [0.15, 0.2) is 0 Å². The summed E-state index contributed by atoms with van der Waals surface area (Å²) < 4.78 is 16.7. The Morgan fingerprint density at radius 3 is 2.55 bits per heavy atom. The fourth-order valence-corrected chi connectivity index (χ4v) is 2.79. The predicted octanol–water partition coefficient (Wildman–Crippen LogP) is 1.41. The Kier molecular flexibility index (Phi) is 4.01. The molecule has 2 N–H and O–H groups in total. The van der Waals surface area contributed by atoms with E-state index in [-0.39, 0.29) is 18.1 Å². The smallest absolute Gasteiger partial charge is 0.407 e. The van der Waals surface area contributed by atoms with E-state index in [0.29, 0.717) is 13.0 Å². The molecule has 4 atom stereocenters. The molecule has 0 aromatic carbocycles. The average molecular weight is 287 g/mol. The quantitative estimate of drug-likeness (QED) is 0.803. The third kappa shape index (κ3) is 3.62. The largest absolute Gasteiger partial charge is 0.444 e. The fraction of sp³-hybridized carbons (Fsp3) is 0.929. The summed E-state index contributed by atoms with van der Waals surface area (Å²) in [5, 5.41) is 12.7. The molecule has 20 heavy (non-hydrogen) atoms. The van der Waals surface area contributed by atoms with Crippen molar-refractivity contribution in [3.05, 3.63) is 0 Å². The number of aliphatic hydroxyl groups is 1. The number of aliphatic hydroxyl groups excluding tert-OH is 1. The maximum absolute atomic E-state index is 11.6. The van der Waals surface area contributed by atoms with Gasteiger partial charge in [0.05, 0.1) is 12.2 Å². The van der Waals surface area contributed by atoms with Crippen molar-refractivity contribution in [3.63, 3.8) is 0 Å².